The smallest absolute Gasteiger partial charge is 0.399 e. The van der Waals surface area contributed by atoms with E-state index in [-0.39, 0.29) is 18.9 Å². The predicted octanol–water partition coefficient (Wildman–Crippen LogP) is 3.36. The molecule has 0 aromatic heterocycles. The molecule has 0 aliphatic carbocycles. The summed E-state index contributed by atoms with van der Waals surface area (Å²) in [4.78, 5) is 23.9. The van der Waals surface area contributed by atoms with Gasteiger partial charge in [0.25, 0.3) is 0 Å². The number of carbonyl (C=O) groups is 2. The molecule has 0 aliphatic rings. The first-order valence-corrected chi connectivity index (χ1v) is 8.21. The topological polar surface area (TPSA) is 75.4 Å². The highest BCUT2D eigenvalue weighted by Crippen LogP contribution is 2.20. The van der Waals surface area contributed by atoms with E-state index in [1.807, 2.05) is 18.2 Å². The van der Waals surface area contributed by atoms with Gasteiger partial charge in [-0.2, -0.15) is 13.2 Å². The van der Waals surface area contributed by atoms with Crippen LogP contribution in [-0.4, -0.2) is 29.9 Å². The number of rotatable bonds is 6. The van der Waals surface area contributed by atoms with Crippen LogP contribution in [0.5, 0.6) is 0 Å². The zero-order valence-corrected chi connectivity index (χ0v) is 14.7. The molecule has 0 fully saturated rings. The summed E-state index contributed by atoms with van der Waals surface area (Å²) in [6.07, 6.45) is -4.23. The number of alkyl halides is 3. The van der Waals surface area contributed by atoms with E-state index in [4.69, 9.17) is 5.73 Å². The van der Waals surface area contributed by atoms with Crippen LogP contribution < -0.4 is 11.1 Å². The largest absolute Gasteiger partial charge is 0.471 e. The summed E-state index contributed by atoms with van der Waals surface area (Å²) < 4.78 is 37.3. The Morgan fingerprint density at radius 3 is 2.48 bits per heavy atom. The van der Waals surface area contributed by atoms with E-state index in [0.717, 1.165) is 12.6 Å². The van der Waals surface area contributed by atoms with E-state index in [0.29, 0.717) is 28.3 Å². The molecule has 144 valence electrons. The molecular weight excluding hydrogens is 359 g/mol. The van der Waals surface area contributed by atoms with E-state index < -0.39 is 12.1 Å². The van der Waals surface area contributed by atoms with Gasteiger partial charge in [0.05, 0.1) is 0 Å². The molecule has 0 radical (unpaired) electrons. The second-order valence-corrected chi connectivity index (χ2v) is 6.11. The molecule has 0 spiro atoms. The number of nitrogens with one attached hydrogen (secondary N) is 1. The summed E-state index contributed by atoms with van der Waals surface area (Å²) in [5.74, 6) is -2.16. The van der Waals surface area contributed by atoms with Crippen molar-refractivity contribution in [1.82, 2.24) is 4.90 Å². The second-order valence-electron chi connectivity index (χ2n) is 6.11. The van der Waals surface area contributed by atoms with Gasteiger partial charge in [-0.15, -0.1) is 0 Å². The Balaban J connectivity index is 1.94. The number of nitrogens with two attached hydrogens (primary N) is 1. The van der Waals surface area contributed by atoms with Gasteiger partial charge in [0, 0.05) is 31.4 Å². The van der Waals surface area contributed by atoms with E-state index in [1.54, 1.807) is 24.3 Å². The summed E-state index contributed by atoms with van der Waals surface area (Å²) in [7, 11) is 1.07. The maximum atomic E-state index is 12.4. The zero-order valence-electron chi connectivity index (χ0n) is 14.7. The van der Waals surface area contributed by atoms with Crippen LogP contribution in [0.2, 0.25) is 0 Å². The first kappa shape index (κ1) is 20.3. The quantitative estimate of drug-likeness (QED) is 0.756. The van der Waals surface area contributed by atoms with Crippen LogP contribution in [0.4, 0.5) is 24.5 Å². The summed E-state index contributed by atoms with van der Waals surface area (Å²) in [5, 5.41) is 2.70. The Bertz CT molecular complexity index is 822. The van der Waals surface area contributed by atoms with Crippen molar-refractivity contribution in [3.8, 4) is 0 Å². The Kier molecular flexibility index (Phi) is 6.44. The third-order valence-corrected chi connectivity index (χ3v) is 3.90. The van der Waals surface area contributed by atoms with Gasteiger partial charge in [0.2, 0.25) is 5.91 Å². The fraction of sp³-hybridized carbons (Fsp3) is 0.263. The first-order chi connectivity index (χ1) is 12.7. The standard InChI is InChI=1S/C19H20F3N3O2/c1-25(18(27)19(20,21)22)12-13-5-4-7-15(11-13)24-17(26)10-9-14-6-2-3-8-16(14)23/h2-8,11H,9-10,12,23H2,1H3,(H,24,26). The normalized spacial score (nSPS) is 11.1. The second kappa shape index (κ2) is 8.57. The highest BCUT2D eigenvalue weighted by molar-refractivity contribution is 5.91. The molecule has 27 heavy (non-hydrogen) atoms. The zero-order chi connectivity index (χ0) is 20.0. The lowest BCUT2D eigenvalue weighted by atomic mass is 10.1. The number of aryl methyl sites for hydroxylation is 1. The van der Waals surface area contributed by atoms with E-state index in [2.05, 4.69) is 5.32 Å². The molecule has 0 saturated heterocycles. The average molecular weight is 379 g/mol. The van der Waals surface area contributed by atoms with Gasteiger partial charge < -0.3 is 16.0 Å². The molecule has 3 N–H and O–H groups in total. The highest BCUT2D eigenvalue weighted by Gasteiger charge is 2.41. The summed E-state index contributed by atoms with van der Waals surface area (Å²) in [5.41, 5.74) is 8.24. The number of hydrogen-bond acceptors (Lipinski definition) is 3. The molecule has 5 nitrogen and oxygen atoms in total. The van der Waals surface area contributed by atoms with E-state index in [9.17, 15) is 22.8 Å². The monoisotopic (exact) mass is 379 g/mol. The van der Waals surface area contributed by atoms with Crippen molar-refractivity contribution >= 4 is 23.2 Å². The summed E-state index contributed by atoms with van der Waals surface area (Å²) in [6, 6.07) is 13.6. The van der Waals surface area contributed by atoms with Crippen molar-refractivity contribution in [2.24, 2.45) is 0 Å². The molecule has 0 unspecified atom stereocenters. The van der Waals surface area contributed by atoms with Crippen LogP contribution in [0.3, 0.4) is 0 Å². The van der Waals surface area contributed by atoms with Crippen LogP contribution in [0.15, 0.2) is 48.5 Å². The van der Waals surface area contributed by atoms with Crippen LogP contribution in [0, 0.1) is 0 Å². The minimum Gasteiger partial charge on any atom is -0.399 e. The minimum atomic E-state index is -4.92. The number of carbonyl (C=O) groups excluding carboxylic acids is 2. The van der Waals surface area contributed by atoms with Crippen LogP contribution in [0.1, 0.15) is 17.5 Å². The molecular formula is C19H20F3N3O2. The number of para-hydroxylation sites is 1. The lowest BCUT2D eigenvalue weighted by molar-refractivity contribution is -0.184. The molecule has 2 rings (SSSR count). The van der Waals surface area contributed by atoms with Gasteiger partial charge in [-0.1, -0.05) is 30.3 Å². The van der Waals surface area contributed by atoms with Crippen LogP contribution in [0.25, 0.3) is 0 Å². The lowest BCUT2D eigenvalue weighted by Gasteiger charge is -2.19. The molecule has 8 heteroatoms. The van der Waals surface area contributed by atoms with Crippen molar-refractivity contribution < 1.29 is 22.8 Å². The summed E-state index contributed by atoms with van der Waals surface area (Å²) >= 11 is 0. The van der Waals surface area contributed by atoms with Gasteiger partial charge in [0.1, 0.15) is 0 Å². The number of halogens is 3. The number of nitrogens with zero attached hydrogens (tertiary/aromatic N) is 1. The van der Waals surface area contributed by atoms with E-state index >= 15 is 0 Å². The fourth-order valence-corrected chi connectivity index (χ4v) is 2.54. The van der Waals surface area contributed by atoms with Gasteiger partial charge in [0.15, 0.2) is 0 Å². The van der Waals surface area contributed by atoms with E-state index in [1.165, 1.54) is 6.07 Å². The Labute approximate surface area is 155 Å². The predicted molar refractivity (Wildman–Crippen MR) is 96.8 cm³/mol. The molecule has 0 aliphatic heterocycles. The number of amides is 2. The molecule has 0 atom stereocenters. The SMILES string of the molecule is CN(Cc1cccc(NC(=O)CCc2ccccc2N)c1)C(=O)C(F)(F)F. The lowest BCUT2D eigenvalue weighted by Crippen LogP contribution is -2.37. The van der Waals surface area contributed by atoms with Crippen LogP contribution >= 0.6 is 0 Å². The Morgan fingerprint density at radius 1 is 1.11 bits per heavy atom. The number of nitrogen functional groups attached to an aromatic ring is 1. The molecule has 2 aromatic carbocycles. The van der Waals surface area contributed by atoms with Crippen molar-refractivity contribution in [2.45, 2.75) is 25.6 Å². The number of anilines is 2. The maximum Gasteiger partial charge on any atom is 0.471 e. The summed E-state index contributed by atoms with van der Waals surface area (Å²) in [6.45, 7) is -0.220. The molecule has 0 bridgehead atoms. The number of hydrogen-bond donors (Lipinski definition) is 2. The van der Waals surface area contributed by atoms with Gasteiger partial charge in [-0.05, 0) is 35.7 Å². The van der Waals surface area contributed by atoms with Crippen LogP contribution in [-0.2, 0) is 22.6 Å². The maximum absolute atomic E-state index is 12.4. The van der Waals surface area contributed by atoms with Gasteiger partial charge in [-0.25, -0.2) is 0 Å². The molecule has 2 amide bonds. The first-order valence-electron chi connectivity index (χ1n) is 8.21. The van der Waals surface area contributed by atoms with Crippen molar-refractivity contribution in [3.05, 3.63) is 59.7 Å². The minimum absolute atomic E-state index is 0.213. The Morgan fingerprint density at radius 2 is 1.81 bits per heavy atom. The number of benzene rings is 2. The van der Waals surface area contributed by atoms with Gasteiger partial charge >= 0.3 is 12.1 Å². The third-order valence-electron chi connectivity index (χ3n) is 3.90. The highest BCUT2D eigenvalue weighted by atomic mass is 19.4. The van der Waals surface area contributed by atoms with Gasteiger partial charge in [-0.3, -0.25) is 9.59 Å². The molecule has 0 saturated carbocycles. The fourth-order valence-electron chi connectivity index (χ4n) is 2.54. The van der Waals surface area contributed by atoms with Crippen molar-refractivity contribution in [2.75, 3.05) is 18.1 Å². The average Bonchev–Trinajstić information content (AvgIpc) is 2.60. The third kappa shape index (κ3) is 6.02. The van der Waals surface area contributed by atoms with Crippen molar-refractivity contribution in [3.63, 3.8) is 0 Å². The molecule has 0 heterocycles. The van der Waals surface area contributed by atoms with Crippen molar-refractivity contribution in [1.29, 1.82) is 0 Å². The Hall–Kier alpha value is -3.03. The molecule has 2 aromatic rings.